The van der Waals surface area contributed by atoms with Gasteiger partial charge in [0.1, 0.15) is 18.5 Å². The molecule has 18 heavy (non-hydrogen) atoms. The van der Waals surface area contributed by atoms with Crippen LogP contribution in [0.5, 0.6) is 5.88 Å². The minimum absolute atomic E-state index is 0.0365. The number of aryl methyl sites for hydroxylation is 1. The van der Waals surface area contributed by atoms with Crippen LogP contribution in [-0.4, -0.2) is 45.3 Å². The van der Waals surface area contributed by atoms with Crippen LogP contribution in [0.3, 0.4) is 0 Å². The fraction of sp³-hybridized carbons (Fsp3) is 0.400. The highest BCUT2D eigenvalue weighted by Crippen LogP contribution is 2.14. The Morgan fingerprint density at radius 3 is 3.06 bits per heavy atom. The van der Waals surface area contributed by atoms with E-state index in [9.17, 15) is 4.79 Å². The van der Waals surface area contributed by atoms with Gasteiger partial charge in [0.05, 0.1) is 7.11 Å². The summed E-state index contributed by atoms with van der Waals surface area (Å²) >= 11 is 0. The lowest BCUT2D eigenvalue weighted by atomic mass is 10.3. The first-order chi connectivity index (χ1) is 8.63. The summed E-state index contributed by atoms with van der Waals surface area (Å²) in [7, 11) is 1.27. The van der Waals surface area contributed by atoms with Crippen molar-refractivity contribution in [3.05, 3.63) is 18.2 Å². The molecule has 2 aromatic heterocycles. The van der Waals surface area contributed by atoms with Crippen LogP contribution in [0.4, 0.5) is 0 Å². The molecule has 8 nitrogen and oxygen atoms in total. The number of nitrogens with two attached hydrogens (primary N) is 1. The third-order valence-electron chi connectivity index (χ3n) is 2.37. The van der Waals surface area contributed by atoms with Crippen LogP contribution in [0.2, 0.25) is 0 Å². The second-order valence-electron chi connectivity index (χ2n) is 3.61. The Morgan fingerprint density at radius 2 is 2.33 bits per heavy atom. The average Bonchev–Trinajstić information content (AvgIpc) is 2.77. The Kier molecular flexibility index (Phi) is 3.38. The smallest absolute Gasteiger partial charge is 0.326 e. The van der Waals surface area contributed by atoms with Crippen molar-refractivity contribution in [1.82, 2.24) is 19.6 Å². The number of methoxy groups -OCH3 is 1. The number of nitrogens with zero attached hydrogens (tertiary/aromatic N) is 4. The first-order valence-corrected chi connectivity index (χ1v) is 5.26. The van der Waals surface area contributed by atoms with E-state index in [1.54, 1.807) is 16.8 Å². The lowest BCUT2D eigenvalue weighted by molar-refractivity contribution is -0.142. The van der Waals surface area contributed by atoms with Gasteiger partial charge in [0.2, 0.25) is 5.65 Å². The molecule has 0 bridgehead atoms. The van der Waals surface area contributed by atoms with Crippen molar-refractivity contribution in [1.29, 1.82) is 0 Å². The lowest BCUT2D eigenvalue weighted by Gasteiger charge is -2.10. The zero-order valence-corrected chi connectivity index (χ0v) is 10.0. The van der Waals surface area contributed by atoms with Gasteiger partial charge in [0.25, 0.3) is 5.88 Å². The van der Waals surface area contributed by atoms with Crippen molar-refractivity contribution >= 4 is 11.6 Å². The van der Waals surface area contributed by atoms with Gasteiger partial charge in [-0.2, -0.15) is 0 Å². The van der Waals surface area contributed by atoms with E-state index in [1.165, 1.54) is 7.11 Å². The molecule has 2 aromatic rings. The number of hydrogen-bond acceptors (Lipinski definition) is 7. The summed E-state index contributed by atoms with van der Waals surface area (Å²) in [5.41, 5.74) is 6.03. The molecular formula is C10H13N5O3. The van der Waals surface area contributed by atoms with Crippen LogP contribution in [0.15, 0.2) is 12.4 Å². The molecule has 0 aliphatic carbocycles. The maximum absolute atomic E-state index is 11.1. The number of carbonyl (C=O) groups excluding carboxylic acids is 1. The average molecular weight is 251 g/mol. The quantitative estimate of drug-likeness (QED) is 0.717. The molecule has 0 saturated heterocycles. The summed E-state index contributed by atoms with van der Waals surface area (Å²) in [6, 6.07) is -0.860. The molecule has 0 aliphatic rings. The molecule has 1 atom stereocenters. The normalized spacial score (nSPS) is 12.4. The number of carbonyl (C=O) groups is 1. The van der Waals surface area contributed by atoms with Gasteiger partial charge >= 0.3 is 5.97 Å². The van der Waals surface area contributed by atoms with Gasteiger partial charge < -0.3 is 15.2 Å². The Hall–Kier alpha value is -2.22. The zero-order valence-electron chi connectivity index (χ0n) is 10.0. The molecule has 0 aliphatic heterocycles. The Balaban J connectivity index is 2.15. The van der Waals surface area contributed by atoms with Gasteiger partial charge in [-0.1, -0.05) is 0 Å². The van der Waals surface area contributed by atoms with Crippen molar-refractivity contribution in [3.63, 3.8) is 0 Å². The predicted molar refractivity (Wildman–Crippen MR) is 61.0 cm³/mol. The Labute approximate surface area is 103 Å². The summed E-state index contributed by atoms with van der Waals surface area (Å²) in [6.07, 6.45) is 3.28. The fourth-order valence-electron chi connectivity index (χ4n) is 1.41. The van der Waals surface area contributed by atoms with Crippen molar-refractivity contribution in [2.75, 3.05) is 13.7 Å². The molecule has 0 aromatic carbocycles. The molecule has 0 spiro atoms. The van der Waals surface area contributed by atoms with Crippen LogP contribution in [0, 0.1) is 6.92 Å². The molecule has 2 rings (SSSR count). The highest BCUT2D eigenvalue weighted by atomic mass is 16.5. The summed E-state index contributed by atoms with van der Waals surface area (Å²) in [6.45, 7) is 1.77. The second kappa shape index (κ2) is 4.96. The summed E-state index contributed by atoms with van der Waals surface area (Å²) in [5, 5.41) is 7.83. The van der Waals surface area contributed by atoms with Gasteiger partial charge in [-0.15, -0.1) is 10.2 Å². The van der Waals surface area contributed by atoms with Gasteiger partial charge in [-0.25, -0.2) is 4.98 Å². The first kappa shape index (κ1) is 12.2. The van der Waals surface area contributed by atoms with Crippen LogP contribution in [0.25, 0.3) is 5.65 Å². The van der Waals surface area contributed by atoms with Crippen molar-refractivity contribution in [2.24, 2.45) is 5.73 Å². The predicted octanol–water partition coefficient (Wildman–Crippen LogP) is -0.688. The third kappa shape index (κ3) is 2.23. The van der Waals surface area contributed by atoms with Crippen LogP contribution in [-0.2, 0) is 9.53 Å². The highest BCUT2D eigenvalue weighted by molar-refractivity contribution is 5.75. The molecule has 0 fully saturated rings. The molecule has 8 heteroatoms. The minimum Gasteiger partial charge on any atom is -0.473 e. The monoisotopic (exact) mass is 251 g/mol. The standard InChI is InChI=1S/C10H13N5O3/c1-6-13-14-8-9(12-3-4-15(6)8)18-5-7(11)10(16)17-2/h3-4,7H,5,11H2,1-2H3. The molecule has 0 radical (unpaired) electrons. The number of hydrogen-bond donors (Lipinski definition) is 1. The summed E-state index contributed by atoms with van der Waals surface area (Å²) in [5.74, 6) is 0.451. The minimum atomic E-state index is -0.860. The molecule has 0 amide bonds. The third-order valence-corrected chi connectivity index (χ3v) is 2.37. The van der Waals surface area contributed by atoms with E-state index in [4.69, 9.17) is 10.5 Å². The Bertz CT molecular complexity index is 568. The zero-order chi connectivity index (χ0) is 13.1. The number of rotatable bonds is 4. The molecular weight excluding hydrogens is 238 g/mol. The Morgan fingerprint density at radius 1 is 1.56 bits per heavy atom. The molecule has 0 saturated carbocycles. The van der Waals surface area contributed by atoms with Crippen molar-refractivity contribution in [3.8, 4) is 5.88 Å². The van der Waals surface area contributed by atoms with Crippen LogP contribution < -0.4 is 10.5 Å². The number of aromatic nitrogens is 4. The molecule has 96 valence electrons. The van der Waals surface area contributed by atoms with E-state index in [0.717, 1.165) is 5.82 Å². The fourth-order valence-corrected chi connectivity index (χ4v) is 1.41. The maximum Gasteiger partial charge on any atom is 0.326 e. The van der Waals surface area contributed by atoms with E-state index in [0.29, 0.717) is 5.65 Å². The topological polar surface area (TPSA) is 105 Å². The summed E-state index contributed by atoms with van der Waals surface area (Å²) < 4.78 is 11.6. The largest absolute Gasteiger partial charge is 0.473 e. The van der Waals surface area contributed by atoms with Gasteiger partial charge in [-0.3, -0.25) is 9.20 Å². The van der Waals surface area contributed by atoms with Crippen LogP contribution in [0.1, 0.15) is 5.82 Å². The molecule has 2 N–H and O–H groups in total. The highest BCUT2D eigenvalue weighted by Gasteiger charge is 2.16. The van der Waals surface area contributed by atoms with E-state index in [-0.39, 0.29) is 12.5 Å². The van der Waals surface area contributed by atoms with Crippen LogP contribution >= 0.6 is 0 Å². The van der Waals surface area contributed by atoms with Crippen molar-refractivity contribution in [2.45, 2.75) is 13.0 Å². The second-order valence-corrected chi connectivity index (χ2v) is 3.61. The molecule has 1 unspecified atom stereocenters. The van der Waals surface area contributed by atoms with E-state index in [2.05, 4.69) is 19.9 Å². The van der Waals surface area contributed by atoms with Crippen molar-refractivity contribution < 1.29 is 14.3 Å². The lowest BCUT2D eigenvalue weighted by Crippen LogP contribution is -2.37. The number of ether oxygens (including phenoxy) is 2. The van der Waals surface area contributed by atoms with Gasteiger partial charge in [-0.05, 0) is 6.92 Å². The van der Waals surface area contributed by atoms with E-state index < -0.39 is 12.0 Å². The summed E-state index contributed by atoms with van der Waals surface area (Å²) in [4.78, 5) is 15.1. The maximum atomic E-state index is 11.1. The number of esters is 1. The first-order valence-electron chi connectivity index (χ1n) is 5.26. The van der Waals surface area contributed by atoms with Gasteiger partial charge in [0, 0.05) is 12.4 Å². The number of fused-ring (bicyclic) bond motifs is 1. The van der Waals surface area contributed by atoms with Gasteiger partial charge in [0.15, 0.2) is 0 Å². The SMILES string of the molecule is COC(=O)C(N)COc1nccn2c(C)nnc12. The van der Waals surface area contributed by atoms with E-state index in [1.807, 2.05) is 6.92 Å². The molecule has 2 heterocycles. The van der Waals surface area contributed by atoms with E-state index >= 15 is 0 Å².